The van der Waals surface area contributed by atoms with E-state index in [-0.39, 0.29) is 5.78 Å². The molecule has 23 heavy (non-hydrogen) atoms. The summed E-state index contributed by atoms with van der Waals surface area (Å²) in [6, 6.07) is 21.6. The fourth-order valence-electron chi connectivity index (χ4n) is 2.54. The van der Waals surface area contributed by atoms with E-state index in [9.17, 15) is 4.79 Å². The lowest BCUT2D eigenvalue weighted by atomic mass is 10.0. The minimum absolute atomic E-state index is 0.150. The van der Waals surface area contributed by atoms with Gasteiger partial charge in [-0.1, -0.05) is 36.4 Å². The van der Waals surface area contributed by atoms with Crippen molar-refractivity contribution >= 4 is 22.2 Å². The van der Waals surface area contributed by atoms with Gasteiger partial charge in [0.1, 0.15) is 5.75 Å². The molecule has 0 radical (unpaired) electrons. The maximum absolute atomic E-state index is 12.3. The van der Waals surface area contributed by atoms with E-state index in [0.717, 1.165) is 27.8 Å². The van der Waals surface area contributed by atoms with Gasteiger partial charge in [0.15, 0.2) is 5.78 Å². The third kappa shape index (κ3) is 3.69. The minimum atomic E-state index is 0.150. The number of Topliss-reactive ketones (excluding diaryl/α,β-unsaturated/α-hetero) is 1. The second-order valence-corrected chi connectivity index (χ2v) is 5.39. The SMILES string of the molecule is COc1ccc(NCCC(=O)c2ccc3ccccc3c2)cc1. The Morgan fingerprint density at radius 1 is 0.957 bits per heavy atom. The molecular weight excluding hydrogens is 286 g/mol. The molecule has 0 aliphatic carbocycles. The van der Waals surface area contributed by atoms with Gasteiger partial charge in [-0.3, -0.25) is 4.79 Å². The molecule has 1 N–H and O–H groups in total. The Morgan fingerprint density at radius 2 is 1.70 bits per heavy atom. The van der Waals surface area contributed by atoms with Crippen LogP contribution in [0.5, 0.6) is 5.75 Å². The van der Waals surface area contributed by atoms with Crippen molar-refractivity contribution in [1.29, 1.82) is 0 Å². The molecule has 3 aromatic carbocycles. The van der Waals surface area contributed by atoms with Crippen LogP contribution in [0.3, 0.4) is 0 Å². The first kappa shape index (κ1) is 15.1. The number of rotatable bonds is 6. The van der Waals surface area contributed by atoms with Crippen molar-refractivity contribution in [3.05, 3.63) is 72.3 Å². The highest BCUT2D eigenvalue weighted by Crippen LogP contribution is 2.17. The van der Waals surface area contributed by atoms with Crippen LogP contribution >= 0.6 is 0 Å². The van der Waals surface area contributed by atoms with Gasteiger partial charge in [-0.15, -0.1) is 0 Å². The van der Waals surface area contributed by atoms with Crippen LogP contribution in [0.4, 0.5) is 5.69 Å². The fourth-order valence-corrected chi connectivity index (χ4v) is 2.54. The molecule has 0 aliphatic rings. The van der Waals surface area contributed by atoms with Gasteiger partial charge in [-0.25, -0.2) is 0 Å². The number of hydrogen-bond acceptors (Lipinski definition) is 3. The predicted octanol–water partition coefficient (Wildman–Crippen LogP) is 4.53. The second-order valence-electron chi connectivity index (χ2n) is 5.39. The summed E-state index contributed by atoms with van der Waals surface area (Å²) in [5.41, 5.74) is 1.75. The largest absolute Gasteiger partial charge is 0.497 e. The van der Waals surface area contributed by atoms with E-state index in [0.29, 0.717) is 13.0 Å². The molecule has 0 unspecified atom stereocenters. The lowest BCUT2D eigenvalue weighted by molar-refractivity contribution is 0.0986. The van der Waals surface area contributed by atoms with Crippen molar-refractivity contribution in [2.45, 2.75) is 6.42 Å². The van der Waals surface area contributed by atoms with Gasteiger partial charge in [0, 0.05) is 24.2 Å². The molecule has 0 aromatic heterocycles. The van der Waals surface area contributed by atoms with Gasteiger partial charge >= 0.3 is 0 Å². The molecule has 0 atom stereocenters. The van der Waals surface area contributed by atoms with E-state index < -0.39 is 0 Å². The summed E-state index contributed by atoms with van der Waals surface area (Å²) in [4.78, 5) is 12.3. The van der Waals surface area contributed by atoms with E-state index in [2.05, 4.69) is 11.4 Å². The maximum atomic E-state index is 12.3. The Labute approximate surface area is 135 Å². The van der Waals surface area contributed by atoms with E-state index in [1.165, 1.54) is 0 Å². The third-order valence-corrected chi connectivity index (χ3v) is 3.84. The maximum Gasteiger partial charge on any atom is 0.164 e. The normalized spacial score (nSPS) is 10.5. The van der Waals surface area contributed by atoms with Crippen LogP contribution in [0, 0.1) is 0 Å². The fraction of sp³-hybridized carbons (Fsp3) is 0.150. The summed E-state index contributed by atoms with van der Waals surface area (Å²) in [6.45, 7) is 0.609. The first-order valence-corrected chi connectivity index (χ1v) is 7.66. The molecule has 3 heteroatoms. The van der Waals surface area contributed by atoms with Gasteiger partial charge in [0.2, 0.25) is 0 Å². The average Bonchev–Trinajstić information content (AvgIpc) is 2.61. The molecule has 116 valence electrons. The number of nitrogens with one attached hydrogen (secondary N) is 1. The highest BCUT2D eigenvalue weighted by Gasteiger charge is 2.06. The summed E-state index contributed by atoms with van der Waals surface area (Å²) in [7, 11) is 1.64. The monoisotopic (exact) mass is 305 g/mol. The Morgan fingerprint density at radius 3 is 2.43 bits per heavy atom. The van der Waals surface area contributed by atoms with E-state index in [4.69, 9.17) is 4.74 Å². The van der Waals surface area contributed by atoms with Crippen LogP contribution < -0.4 is 10.1 Å². The van der Waals surface area contributed by atoms with Crippen LogP contribution in [0.15, 0.2) is 66.7 Å². The Kier molecular flexibility index (Phi) is 4.57. The lowest BCUT2D eigenvalue weighted by Gasteiger charge is -2.07. The second kappa shape index (κ2) is 6.97. The molecule has 3 rings (SSSR count). The standard InChI is InChI=1S/C20H19NO2/c1-23-19-10-8-18(9-11-19)21-13-12-20(22)17-7-6-15-4-2-3-5-16(15)14-17/h2-11,14,21H,12-13H2,1H3. The van der Waals surface area contributed by atoms with Crippen LogP contribution in [0.1, 0.15) is 16.8 Å². The number of fused-ring (bicyclic) bond motifs is 1. The molecular formula is C20H19NO2. The molecule has 0 bridgehead atoms. The molecule has 0 fully saturated rings. The van der Waals surface area contributed by atoms with Crippen LogP contribution in [-0.4, -0.2) is 19.4 Å². The number of carbonyl (C=O) groups is 1. The van der Waals surface area contributed by atoms with Gasteiger partial charge in [-0.05, 0) is 41.1 Å². The molecule has 0 heterocycles. The zero-order valence-corrected chi connectivity index (χ0v) is 13.1. The summed E-state index contributed by atoms with van der Waals surface area (Å²) in [6.07, 6.45) is 0.463. The first-order valence-electron chi connectivity index (χ1n) is 7.66. The van der Waals surface area contributed by atoms with Crippen LogP contribution in [-0.2, 0) is 0 Å². The smallest absolute Gasteiger partial charge is 0.164 e. The number of ketones is 1. The van der Waals surface area contributed by atoms with Crippen molar-refractivity contribution < 1.29 is 9.53 Å². The lowest BCUT2D eigenvalue weighted by Crippen LogP contribution is -2.08. The topological polar surface area (TPSA) is 38.3 Å². The molecule has 3 aromatic rings. The van der Waals surface area contributed by atoms with E-state index in [1.54, 1.807) is 7.11 Å². The van der Waals surface area contributed by atoms with Crippen molar-refractivity contribution in [3.8, 4) is 5.75 Å². The molecule has 0 saturated heterocycles. The molecule has 0 saturated carbocycles. The van der Waals surface area contributed by atoms with E-state index >= 15 is 0 Å². The van der Waals surface area contributed by atoms with Gasteiger partial charge in [0.25, 0.3) is 0 Å². The van der Waals surface area contributed by atoms with Crippen molar-refractivity contribution in [1.82, 2.24) is 0 Å². The summed E-state index contributed by atoms with van der Waals surface area (Å²) >= 11 is 0. The zero-order chi connectivity index (χ0) is 16.1. The molecule has 0 spiro atoms. The van der Waals surface area contributed by atoms with Crippen molar-refractivity contribution in [2.75, 3.05) is 19.0 Å². The Balaban J connectivity index is 1.59. The van der Waals surface area contributed by atoms with Gasteiger partial charge in [-0.2, -0.15) is 0 Å². The van der Waals surface area contributed by atoms with Crippen LogP contribution in [0.25, 0.3) is 10.8 Å². The number of benzene rings is 3. The highest BCUT2D eigenvalue weighted by atomic mass is 16.5. The van der Waals surface area contributed by atoms with Crippen molar-refractivity contribution in [3.63, 3.8) is 0 Å². The number of carbonyl (C=O) groups excluding carboxylic acids is 1. The number of ether oxygens (including phenoxy) is 1. The highest BCUT2D eigenvalue weighted by molar-refractivity contribution is 6.00. The summed E-state index contributed by atoms with van der Waals surface area (Å²) in [5, 5.41) is 5.51. The number of anilines is 1. The molecule has 0 aliphatic heterocycles. The quantitative estimate of drug-likeness (QED) is 0.680. The number of hydrogen-bond donors (Lipinski definition) is 1. The van der Waals surface area contributed by atoms with Crippen LogP contribution in [0.2, 0.25) is 0 Å². The Bertz CT molecular complexity index is 809. The molecule has 3 nitrogen and oxygen atoms in total. The predicted molar refractivity (Wildman–Crippen MR) is 94.4 cm³/mol. The first-order chi connectivity index (χ1) is 11.3. The van der Waals surface area contributed by atoms with E-state index in [1.807, 2.05) is 60.7 Å². The number of methoxy groups -OCH3 is 1. The zero-order valence-electron chi connectivity index (χ0n) is 13.1. The summed E-state index contributed by atoms with van der Waals surface area (Å²) < 4.78 is 5.12. The van der Waals surface area contributed by atoms with Gasteiger partial charge < -0.3 is 10.1 Å². The molecule has 0 amide bonds. The summed E-state index contributed by atoms with van der Waals surface area (Å²) in [5.74, 6) is 0.972. The Hall–Kier alpha value is -2.81. The average molecular weight is 305 g/mol. The van der Waals surface area contributed by atoms with Gasteiger partial charge in [0.05, 0.1) is 7.11 Å². The third-order valence-electron chi connectivity index (χ3n) is 3.84. The minimum Gasteiger partial charge on any atom is -0.497 e. The van der Waals surface area contributed by atoms with Crippen molar-refractivity contribution in [2.24, 2.45) is 0 Å².